The molecule has 0 radical (unpaired) electrons. The minimum absolute atomic E-state index is 0.0370. The largest absolute Gasteiger partial charge is 0.478 e. The first-order valence-corrected chi connectivity index (χ1v) is 9.16. The van der Waals surface area contributed by atoms with Crippen molar-refractivity contribution in [3.8, 4) is 5.88 Å². The normalized spacial score (nSPS) is 13.9. The number of ether oxygens (including phenoxy) is 1. The quantitative estimate of drug-likeness (QED) is 0.834. The summed E-state index contributed by atoms with van der Waals surface area (Å²) < 4.78 is 5.47. The molecule has 1 aliphatic heterocycles. The van der Waals surface area contributed by atoms with E-state index in [4.69, 9.17) is 4.74 Å². The number of rotatable bonds is 6. The van der Waals surface area contributed by atoms with Gasteiger partial charge in [-0.25, -0.2) is 15.0 Å². The number of pyridine rings is 1. The highest BCUT2D eigenvalue weighted by atomic mass is 16.5. The predicted octanol–water partition coefficient (Wildman–Crippen LogP) is 1.83. The Labute approximate surface area is 158 Å². The van der Waals surface area contributed by atoms with Gasteiger partial charge in [-0.3, -0.25) is 9.59 Å². The Hall–Kier alpha value is -3.03. The van der Waals surface area contributed by atoms with Gasteiger partial charge in [0.15, 0.2) is 11.4 Å². The van der Waals surface area contributed by atoms with Crippen LogP contribution in [-0.2, 0) is 6.54 Å². The molecule has 8 nitrogen and oxygen atoms in total. The molecule has 142 valence electrons. The van der Waals surface area contributed by atoms with Gasteiger partial charge in [0.1, 0.15) is 0 Å². The highest BCUT2D eigenvalue weighted by Gasteiger charge is 2.25. The second-order valence-electron chi connectivity index (χ2n) is 6.19. The number of hydrogen-bond donors (Lipinski definition) is 1. The number of aromatic nitrogens is 3. The fraction of sp³-hybridized carbons (Fsp3) is 0.421. The van der Waals surface area contributed by atoms with Gasteiger partial charge >= 0.3 is 0 Å². The number of likely N-dealkylation sites (tertiary alicyclic amines) is 1. The molecule has 0 bridgehead atoms. The van der Waals surface area contributed by atoms with Crippen LogP contribution in [0.2, 0.25) is 0 Å². The van der Waals surface area contributed by atoms with Crippen molar-refractivity contribution in [1.82, 2.24) is 25.2 Å². The Morgan fingerprint density at radius 3 is 2.56 bits per heavy atom. The number of carbonyl (C=O) groups excluding carboxylic acids is 2. The molecule has 1 saturated heterocycles. The van der Waals surface area contributed by atoms with Gasteiger partial charge in [-0.05, 0) is 32.3 Å². The van der Waals surface area contributed by atoms with Crippen LogP contribution in [0.15, 0.2) is 30.7 Å². The van der Waals surface area contributed by atoms with Gasteiger partial charge in [0, 0.05) is 43.8 Å². The fourth-order valence-corrected chi connectivity index (χ4v) is 2.99. The summed E-state index contributed by atoms with van der Waals surface area (Å²) in [6, 6.07) is 3.60. The summed E-state index contributed by atoms with van der Waals surface area (Å²) in [5.41, 5.74) is 0.878. The molecular weight excluding hydrogens is 346 g/mol. The molecule has 1 fully saturated rings. The van der Waals surface area contributed by atoms with E-state index in [2.05, 4.69) is 20.3 Å². The van der Waals surface area contributed by atoms with Gasteiger partial charge in [0.05, 0.1) is 6.61 Å². The van der Waals surface area contributed by atoms with Crippen molar-refractivity contribution < 1.29 is 14.3 Å². The van der Waals surface area contributed by atoms with Crippen molar-refractivity contribution >= 4 is 11.8 Å². The van der Waals surface area contributed by atoms with Gasteiger partial charge < -0.3 is 15.0 Å². The third-order valence-electron chi connectivity index (χ3n) is 4.33. The molecule has 1 N–H and O–H groups in total. The monoisotopic (exact) mass is 369 g/mol. The Kier molecular flexibility index (Phi) is 6.30. The van der Waals surface area contributed by atoms with Crippen LogP contribution >= 0.6 is 0 Å². The second-order valence-corrected chi connectivity index (χ2v) is 6.19. The molecule has 0 aliphatic carbocycles. The molecule has 0 spiro atoms. The first kappa shape index (κ1) is 18.8. The van der Waals surface area contributed by atoms with E-state index in [0.717, 1.165) is 24.8 Å². The summed E-state index contributed by atoms with van der Waals surface area (Å²) in [6.45, 7) is 3.94. The topological polar surface area (TPSA) is 97.3 Å². The molecule has 2 aromatic heterocycles. The number of hydrogen-bond acceptors (Lipinski definition) is 6. The van der Waals surface area contributed by atoms with Crippen molar-refractivity contribution in [2.24, 2.45) is 0 Å². The zero-order chi connectivity index (χ0) is 19.1. The standard InChI is InChI=1S/C19H23N5O3/c1-2-27-18-14(7-6-8-22-18)13-23-17(25)15-16(21-10-9-20-15)19(26)24-11-4-3-5-12-24/h6-10H,2-5,11-13H2,1H3,(H,23,25). The van der Waals surface area contributed by atoms with Crippen molar-refractivity contribution in [3.05, 3.63) is 47.7 Å². The lowest BCUT2D eigenvalue weighted by Crippen LogP contribution is -2.38. The van der Waals surface area contributed by atoms with E-state index >= 15 is 0 Å². The number of carbonyl (C=O) groups is 2. The molecule has 8 heteroatoms. The fourth-order valence-electron chi connectivity index (χ4n) is 2.99. The van der Waals surface area contributed by atoms with Crippen molar-refractivity contribution in [2.45, 2.75) is 32.7 Å². The minimum Gasteiger partial charge on any atom is -0.478 e. The maximum absolute atomic E-state index is 12.8. The van der Waals surface area contributed by atoms with Crippen molar-refractivity contribution in [3.63, 3.8) is 0 Å². The van der Waals surface area contributed by atoms with E-state index in [-0.39, 0.29) is 23.8 Å². The van der Waals surface area contributed by atoms with E-state index < -0.39 is 5.91 Å². The zero-order valence-electron chi connectivity index (χ0n) is 15.4. The summed E-state index contributed by atoms with van der Waals surface area (Å²) in [6.07, 6.45) is 7.53. The molecule has 2 amide bonds. The van der Waals surface area contributed by atoms with Crippen LogP contribution in [0, 0.1) is 0 Å². The highest BCUT2D eigenvalue weighted by Crippen LogP contribution is 2.16. The van der Waals surface area contributed by atoms with E-state index in [0.29, 0.717) is 25.6 Å². The van der Waals surface area contributed by atoms with Crippen LogP contribution in [0.3, 0.4) is 0 Å². The van der Waals surface area contributed by atoms with Gasteiger partial charge in [-0.1, -0.05) is 6.07 Å². The van der Waals surface area contributed by atoms with Crippen LogP contribution in [0.1, 0.15) is 52.7 Å². The van der Waals surface area contributed by atoms with Crippen molar-refractivity contribution in [1.29, 1.82) is 0 Å². The maximum Gasteiger partial charge on any atom is 0.274 e. The summed E-state index contributed by atoms with van der Waals surface area (Å²) in [7, 11) is 0. The number of piperidine rings is 1. The first-order valence-electron chi connectivity index (χ1n) is 9.16. The third kappa shape index (κ3) is 4.58. The van der Waals surface area contributed by atoms with E-state index in [1.54, 1.807) is 17.2 Å². The van der Waals surface area contributed by atoms with Gasteiger partial charge in [0.25, 0.3) is 11.8 Å². The van der Waals surface area contributed by atoms with E-state index in [1.807, 2.05) is 13.0 Å². The minimum atomic E-state index is -0.449. The molecule has 1 aliphatic rings. The summed E-state index contributed by atoms with van der Waals surface area (Å²) in [4.78, 5) is 39.5. The van der Waals surface area contributed by atoms with Crippen LogP contribution in [-0.4, -0.2) is 51.4 Å². The lowest BCUT2D eigenvalue weighted by atomic mass is 10.1. The number of amides is 2. The smallest absolute Gasteiger partial charge is 0.274 e. The molecule has 0 unspecified atom stereocenters. The van der Waals surface area contributed by atoms with Crippen LogP contribution in [0.4, 0.5) is 0 Å². The number of nitrogens with zero attached hydrogens (tertiary/aromatic N) is 4. The Morgan fingerprint density at radius 1 is 1.07 bits per heavy atom. The molecule has 27 heavy (non-hydrogen) atoms. The summed E-state index contributed by atoms with van der Waals surface area (Å²) in [5, 5.41) is 2.78. The first-order chi connectivity index (χ1) is 13.2. The Morgan fingerprint density at radius 2 is 1.81 bits per heavy atom. The molecule has 2 aromatic rings. The molecule has 0 atom stereocenters. The highest BCUT2D eigenvalue weighted by molar-refractivity contribution is 6.04. The average Bonchev–Trinajstić information content (AvgIpc) is 2.73. The van der Waals surface area contributed by atoms with Crippen LogP contribution < -0.4 is 10.1 Å². The number of nitrogens with one attached hydrogen (secondary N) is 1. The average molecular weight is 369 g/mol. The van der Waals surface area contributed by atoms with E-state index in [1.165, 1.54) is 12.4 Å². The molecule has 3 heterocycles. The molecule has 0 saturated carbocycles. The van der Waals surface area contributed by atoms with Gasteiger partial charge in [-0.15, -0.1) is 0 Å². The summed E-state index contributed by atoms with van der Waals surface area (Å²) in [5.74, 6) is -0.219. The molecular formula is C19H23N5O3. The predicted molar refractivity (Wildman–Crippen MR) is 98.4 cm³/mol. The molecule has 3 rings (SSSR count). The zero-order valence-corrected chi connectivity index (χ0v) is 15.4. The second kappa shape index (κ2) is 9.07. The Bertz CT molecular complexity index is 805. The summed E-state index contributed by atoms with van der Waals surface area (Å²) >= 11 is 0. The maximum atomic E-state index is 12.8. The Balaban J connectivity index is 1.73. The lowest BCUT2D eigenvalue weighted by Gasteiger charge is -2.26. The lowest BCUT2D eigenvalue weighted by molar-refractivity contribution is 0.0711. The van der Waals surface area contributed by atoms with Crippen LogP contribution in [0.25, 0.3) is 0 Å². The third-order valence-corrected chi connectivity index (χ3v) is 4.33. The van der Waals surface area contributed by atoms with Gasteiger partial charge in [0.2, 0.25) is 5.88 Å². The van der Waals surface area contributed by atoms with E-state index in [9.17, 15) is 9.59 Å². The van der Waals surface area contributed by atoms with Gasteiger partial charge in [-0.2, -0.15) is 0 Å². The molecule has 0 aromatic carbocycles. The SMILES string of the molecule is CCOc1ncccc1CNC(=O)c1nccnc1C(=O)N1CCCCC1. The van der Waals surface area contributed by atoms with Crippen molar-refractivity contribution in [2.75, 3.05) is 19.7 Å². The van der Waals surface area contributed by atoms with Crippen LogP contribution in [0.5, 0.6) is 5.88 Å².